The number of hydrogen-bond acceptors (Lipinski definition) is 8. The first-order valence-electron chi connectivity index (χ1n) is 12.6. The van der Waals surface area contributed by atoms with Crippen LogP contribution in [-0.2, 0) is 9.47 Å². The third-order valence-electron chi connectivity index (χ3n) is 6.78. The number of aliphatic hydroxyl groups excluding tert-OH is 3. The maximum atomic E-state index is 13.5. The molecule has 0 saturated carbocycles. The van der Waals surface area contributed by atoms with Crippen LogP contribution < -0.4 is 5.32 Å². The highest BCUT2D eigenvalue weighted by Gasteiger charge is 2.48. The molecule has 1 unspecified atom stereocenters. The summed E-state index contributed by atoms with van der Waals surface area (Å²) in [5.41, 5.74) is 0.00905. The lowest BCUT2D eigenvalue weighted by atomic mass is 9.86. The first kappa shape index (κ1) is 30.0. The number of nitrogens with one attached hydrogen (secondary N) is 1. The van der Waals surface area contributed by atoms with Gasteiger partial charge in [-0.15, -0.1) is 23.4 Å². The number of amides is 2. The molecular formula is C26H39ClN2O7S. The fourth-order valence-corrected chi connectivity index (χ4v) is 5.70. The van der Waals surface area contributed by atoms with E-state index in [9.17, 15) is 24.9 Å². The maximum Gasteiger partial charge on any atom is 0.410 e. The highest BCUT2D eigenvalue weighted by atomic mass is 35.5. The van der Waals surface area contributed by atoms with Crippen molar-refractivity contribution in [3.8, 4) is 0 Å². The Labute approximate surface area is 227 Å². The number of benzene rings is 1. The van der Waals surface area contributed by atoms with Gasteiger partial charge >= 0.3 is 6.09 Å². The van der Waals surface area contributed by atoms with Crippen LogP contribution in [0.5, 0.6) is 0 Å². The van der Waals surface area contributed by atoms with E-state index in [4.69, 9.17) is 21.1 Å². The Bertz CT molecular complexity index is 934. The first-order valence-corrected chi connectivity index (χ1v) is 14.3. The molecule has 4 N–H and O–H groups in total. The van der Waals surface area contributed by atoms with Gasteiger partial charge in [0.25, 0.3) is 5.91 Å². The fourth-order valence-electron chi connectivity index (χ4n) is 4.81. The highest BCUT2D eigenvalue weighted by molar-refractivity contribution is 7.99. The van der Waals surface area contributed by atoms with E-state index in [0.29, 0.717) is 31.5 Å². The van der Waals surface area contributed by atoms with Crippen LogP contribution in [0.4, 0.5) is 4.79 Å². The zero-order valence-electron chi connectivity index (χ0n) is 22.0. The quantitative estimate of drug-likeness (QED) is 0.392. The number of carbonyl (C=O) groups excluding carboxylic acids is 2. The zero-order chi connectivity index (χ0) is 27.5. The molecule has 0 radical (unpaired) electrons. The Balaban J connectivity index is 1.73. The van der Waals surface area contributed by atoms with E-state index in [-0.39, 0.29) is 17.9 Å². The van der Waals surface area contributed by atoms with Gasteiger partial charge in [-0.3, -0.25) is 4.79 Å². The molecule has 2 aliphatic heterocycles. The van der Waals surface area contributed by atoms with Crippen molar-refractivity contribution in [2.24, 2.45) is 0 Å². The number of carbonyl (C=O) groups is 2. The number of aliphatic hydroxyl groups is 3. The van der Waals surface area contributed by atoms with Gasteiger partial charge in [0.2, 0.25) is 0 Å². The summed E-state index contributed by atoms with van der Waals surface area (Å²) in [6.07, 6.45) is -2.40. The Morgan fingerprint density at radius 3 is 2.32 bits per heavy atom. The van der Waals surface area contributed by atoms with Crippen molar-refractivity contribution in [1.82, 2.24) is 10.2 Å². The molecule has 208 valence electrons. The summed E-state index contributed by atoms with van der Waals surface area (Å²) >= 11 is 7.62. The molecule has 2 heterocycles. The predicted octanol–water partition coefficient (Wildman–Crippen LogP) is 2.70. The molecule has 0 bridgehead atoms. The van der Waals surface area contributed by atoms with Gasteiger partial charge in [-0.05, 0) is 64.3 Å². The van der Waals surface area contributed by atoms with E-state index in [1.54, 1.807) is 30.2 Å². The Kier molecular flexibility index (Phi) is 10.2. The molecule has 37 heavy (non-hydrogen) atoms. The van der Waals surface area contributed by atoms with Gasteiger partial charge in [0.1, 0.15) is 35.5 Å². The largest absolute Gasteiger partial charge is 0.444 e. The van der Waals surface area contributed by atoms with E-state index < -0.39 is 46.9 Å². The normalized spacial score (nSPS) is 28.9. The van der Waals surface area contributed by atoms with Gasteiger partial charge < -0.3 is 35.0 Å². The standard InChI is InChI=1S/C26H39ClN2O7S/c1-14(27)18(22-20(31)19(30)21(32)24(35-22)37-5)28-23(33)17-9-7-6-8-16(17)15-10-12-29(13-11-15)25(34)36-26(2,3)4/h6-9,14-15,18-22,24,30-32H,10-13H2,1-5H3,(H,28,33)/t14-,18?,19-,20+,21+,22+,24+/m0/s1. The number of thioether (sulfide) groups is 1. The third kappa shape index (κ3) is 7.30. The van der Waals surface area contributed by atoms with Crippen LogP contribution in [0, 0.1) is 0 Å². The van der Waals surface area contributed by atoms with E-state index in [0.717, 1.165) is 5.56 Å². The van der Waals surface area contributed by atoms with Crippen LogP contribution >= 0.6 is 23.4 Å². The highest BCUT2D eigenvalue weighted by Crippen LogP contribution is 2.33. The van der Waals surface area contributed by atoms with E-state index in [1.807, 2.05) is 32.9 Å². The van der Waals surface area contributed by atoms with Crippen LogP contribution in [0.3, 0.4) is 0 Å². The lowest BCUT2D eigenvalue weighted by Gasteiger charge is -2.43. The van der Waals surface area contributed by atoms with Crippen LogP contribution in [0.25, 0.3) is 0 Å². The summed E-state index contributed by atoms with van der Waals surface area (Å²) < 4.78 is 11.3. The SMILES string of the molecule is CS[C@H]1O[C@H](C(NC(=O)c2ccccc2C2CCN(C(=O)OC(C)(C)C)CC2)[C@H](C)Cl)[C@H](O)[C@H](O)[C@H]1O. The zero-order valence-corrected chi connectivity index (χ0v) is 23.5. The molecule has 2 saturated heterocycles. The molecule has 3 rings (SSSR count). The molecule has 0 aromatic heterocycles. The summed E-state index contributed by atoms with van der Waals surface area (Å²) in [4.78, 5) is 27.6. The Morgan fingerprint density at radius 2 is 1.76 bits per heavy atom. The molecular weight excluding hydrogens is 520 g/mol. The minimum Gasteiger partial charge on any atom is -0.444 e. The number of piperidine rings is 1. The minimum atomic E-state index is -1.44. The third-order valence-corrected chi connectivity index (χ3v) is 7.90. The van der Waals surface area contributed by atoms with Crippen molar-refractivity contribution in [3.05, 3.63) is 35.4 Å². The Hall–Kier alpha value is -1.56. The van der Waals surface area contributed by atoms with Crippen LogP contribution in [0.15, 0.2) is 24.3 Å². The van der Waals surface area contributed by atoms with Crippen LogP contribution in [0.2, 0.25) is 0 Å². The number of nitrogens with zero attached hydrogens (tertiary/aromatic N) is 1. The number of halogens is 1. The minimum absolute atomic E-state index is 0.0712. The summed E-state index contributed by atoms with van der Waals surface area (Å²) in [7, 11) is 0. The molecule has 0 aliphatic carbocycles. The van der Waals surface area contributed by atoms with Gasteiger partial charge in [-0.1, -0.05) is 18.2 Å². The molecule has 2 amide bonds. The summed E-state index contributed by atoms with van der Waals surface area (Å²) in [6.45, 7) is 8.23. The first-order chi connectivity index (χ1) is 17.3. The van der Waals surface area contributed by atoms with Crippen LogP contribution in [0.1, 0.15) is 62.4 Å². The maximum absolute atomic E-state index is 13.5. The lowest BCUT2D eigenvalue weighted by molar-refractivity contribution is -0.204. The number of ether oxygens (including phenoxy) is 2. The average molecular weight is 559 g/mol. The molecule has 2 aliphatic rings. The van der Waals surface area contributed by atoms with Crippen molar-refractivity contribution < 1.29 is 34.4 Å². The average Bonchev–Trinajstić information content (AvgIpc) is 2.85. The van der Waals surface area contributed by atoms with Crippen molar-refractivity contribution in [2.75, 3.05) is 19.3 Å². The molecule has 1 aromatic carbocycles. The van der Waals surface area contributed by atoms with Crippen molar-refractivity contribution in [1.29, 1.82) is 0 Å². The van der Waals surface area contributed by atoms with Gasteiger partial charge in [0.05, 0.1) is 11.4 Å². The fraction of sp³-hybridized carbons (Fsp3) is 0.692. The summed E-state index contributed by atoms with van der Waals surface area (Å²) in [5, 5.41) is 33.4. The van der Waals surface area contributed by atoms with E-state index in [1.165, 1.54) is 11.8 Å². The monoisotopic (exact) mass is 558 g/mol. The van der Waals surface area contributed by atoms with Crippen molar-refractivity contribution in [2.45, 2.75) is 93.3 Å². The second-order valence-electron chi connectivity index (χ2n) is 10.7. The smallest absolute Gasteiger partial charge is 0.410 e. The Morgan fingerprint density at radius 1 is 1.14 bits per heavy atom. The van der Waals surface area contributed by atoms with Gasteiger partial charge in [0.15, 0.2) is 0 Å². The van der Waals surface area contributed by atoms with Crippen molar-refractivity contribution in [3.63, 3.8) is 0 Å². The second kappa shape index (κ2) is 12.5. The topological polar surface area (TPSA) is 129 Å². The number of rotatable bonds is 6. The number of alkyl halides is 1. The molecule has 1 aromatic rings. The van der Waals surface area contributed by atoms with E-state index >= 15 is 0 Å². The molecule has 9 nitrogen and oxygen atoms in total. The van der Waals surface area contributed by atoms with Crippen molar-refractivity contribution >= 4 is 35.4 Å². The molecule has 11 heteroatoms. The summed E-state index contributed by atoms with van der Waals surface area (Å²) in [5.74, 6) is -0.304. The van der Waals surface area contributed by atoms with Gasteiger partial charge in [0, 0.05) is 18.7 Å². The number of likely N-dealkylation sites (tertiary alicyclic amines) is 1. The lowest BCUT2D eigenvalue weighted by Crippen LogP contribution is -2.64. The molecule has 0 spiro atoms. The second-order valence-corrected chi connectivity index (χ2v) is 12.3. The predicted molar refractivity (Wildman–Crippen MR) is 143 cm³/mol. The van der Waals surface area contributed by atoms with Gasteiger partial charge in [-0.2, -0.15) is 0 Å². The van der Waals surface area contributed by atoms with Gasteiger partial charge in [-0.25, -0.2) is 4.79 Å². The van der Waals surface area contributed by atoms with E-state index in [2.05, 4.69) is 5.32 Å². The molecule has 2 fully saturated rings. The molecule has 7 atom stereocenters. The summed E-state index contributed by atoms with van der Waals surface area (Å²) in [6, 6.07) is 6.48. The number of hydrogen-bond donors (Lipinski definition) is 4. The van der Waals surface area contributed by atoms with Crippen LogP contribution in [-0.4, -0.2) is 98.4 Å².